The van der Waals surface area contributed by atoms with Gasteiger partial charge in [-0.05, 0) is 56.1 Å². The topological polar surface area (TPSA) is 35.6 Å². The van der Waals surface area contributed by atoms with Gasteiger partial charge >= 0.3 is 0 Å². The highest BCUT2D eigenvalue weighted by atomic mass is 19.1. The van der Waals surface area contributed by atoms with Gasteiger partial charge in [-0.25, -0.2) is 4.39 Å². The lowest BCUT2D eigenvalue weighted by Gasteiger charge is -2.36. The first kappa shape index (κ1) is 18.9. The Morgan fingerprint density at radius 3 is 2.46 bits per heavy atom. The van der Waals surface area contributed by atoms with Gasteiger partial charge in [-0.2, -0.15) is 0 Å². The third-order valence-corrected chi connectivity index (χ3v) is 5.59. The maximum atomic E-state index is 14.3. The summed E-state index contributed by atoms with van der Waals surface area (Å²) in [5.74, 6) is -0.509. The second-order valence-electron chi connectivity index (χ2n) is 7.80. The summed E-state index contributed by atoms with van der Waals surface area (Å²) in [4.78, 5) is 17.2. The lowest BCUT2D eigenvalue weighted by atomic mass is 10.0. The van der Waals surface area contributed by atoms with Crippen molar-refractivity contribution in [1.29, 1.82) is 0 Å². The predicted molar refractivity (Wildman–Crippen MR) is 112 cm³/mol. The Hall–Kier alpha value is -2.40. The zero-order valence-corrected chi connectivity index (χ0v) is 16.2. The molecule has 2 aromatic rings. The number of anilines is 2. The standard InChI is InChI=1S/C23H28FN3O/c24-22-17-19(25-18-8-9-18)10-11-21(22)23(28)7-4-12-26-13-15-27(16-14-26)20-5-2-1-3-6-20/h1-3,5-6,10-11,17-18,25H,4,7-9,12-16H2. The van der Waals surface area contributed by atoms with Crippen LogP contribution in [0.5, 0.6) is 0 Å². The molecular weight excluding hydrogens is 353 g/mol. The smallest absolute Gasteiger partial charge is 0.165 e. The summed E-state index contributed by atoms with van der Waals surface area (Å²) in [6.45, 7) is 4.89. The first-order valence-corrected chi connectivity index (χ1v) is 10.3. The highest BCUT2D eigenvalue weighted by Crippen LogP contribution is 2.26. The number of rotatable bonds is 8. The molecule has 1 aliphatic heterocycles. The normalized spacial score (nSPS) is 17.5. The van der Waals surface area contributed by atoms with Gasteiger partial charge in [-0.3, -0.25) is 9.69 Å². The minimum Gasteiger partial charge on any atom is -0.382 e. The van der Waals surface area contributed by atoms with Crippen LogP contribution in [0.4, 0.5) is 15.8 Å². The van der Waals surface area contributed by atoms with Gasteiger partial charge in [-0.1, -0.05) is 18.2 Å². The number of carbonyl (C=O) groups excluding carboxylic acids is 1. The maximum absolute atomic E-state index is 14.3. The van der Waals surface area contributed by atoms with Gasteiger partial charge in [0.2, 0.25) is 0 Å². The number of benzene rings is 2. The number of halogens is 1. The van der Waals surface area contributed by atoms with Crippen LogP contribution in [0.15, 0.2) is 48.5 Å². The number of carbonyl (C=O) groups is 1. The summed E-state index contributed by atoms with van der Waals surface area (Å²) < 4.78 is 14.3. The Labute approximate surface area is 166 Å². The van der Waals surface area contributed by atoms with Gasteiger partial charge in [0.25, 0.3) is 0 Å². The molecule has 0 bridgehead atoms. The van der Waals surface area contributed by atoms with Crippen LogP contribution < -0.4 is 10.2 Å². The van der Waals surface area contributed by atoms with E-state index in [1.165, 1.54) is 11.8 Å². The molecule has 2 fully saturated rings. The molecule has 1 saturated heterocycles. The zero-order valence-electron chi connectivity index (χ0n) is 16.2. The number of para-hydroxylation sites is 1. The Balaban J connectivity index is 1.20. The van der Waals surface area contributed by atoms with Crippen molar-refractivity contribution in [2.24, 2.45) is 0 Å². The fraction of sp³-hybridized carbons (Fsp3) is 0.435. The highest BCUT2D eigenvalue weighted by molar-refractivity contribution is 5.96. The van der Waals surface area contributed by atoms with Crippen LogP contribution in [0.2, 0.25) is 0 Å². The van der Waals surface area contributed by atoms with E-state index < -0.39 is 5.82 Å². The molecule has 148 valence electrons. The van der Waals surface area contributed by atoms with Crippen LogP contribution in [0, 0.1) is 5.82 Å². The van der Waals surface area contributed by atoms with Crippen molar-refractivity contribution in [3.63, 3.8) is 0 Å². The SMILES string of the molecule is O=C(CCCN1CCN(c2ccccc2)CC1)c1ccc(NC2CC2)cc1F. The first-order valence-electron chi connectivity index (χ1n) is 10.3. The molecule has 1 N–H and O–H groups in total. The summed E-state index contributed by atoms with van der Waals surface area (Å²) in [5.41, 5.74) is 2.26. The van der Waals surface area contributed by atoms with Crippen molar-refractivity contribution in [2.75, 3.05) is 42.9 Å². The molecule has 0 atom stereocenters. The van der Waals surface area contributed by atoms with Crippen molar-refractivity contribution < 1.29 is 9.18 Å². The van der Waals surface area contributed by atoms with E-state index in [2.05, 4.69) is 39.4 Å². The fourth-order valence-corrected chi connectivity index (χ4v) is 3.76. The van der Waals surface area contributed by atoms with Crippen molar-refractivity contribution in [1.82, 2.24) is 4.90 Å². The number of ketones is 1. The lowest BCUT2D eigenvalue weighted by molar-refractivity contribution is 0.0970. The predicted octanol–water partition coefficient (Wildman–Crippen LogP) is 4.19. The zero-order chi connectivity index (χ0) is 19.3. The van der Waals surface area contributed by atoms with E-state index in [1.54, 1.807) is 6.07 Å². The van der Waals surface area contributed by atoms with E-state index in [0.717, 1.165) is 57.7 Å². The van der Waals surface area contributed by atoms with Gasteiger partial charge < -0.3 is 10.2 Å². The molecule has 2 aliphatic rings. The Bertz CT molecular complexity index is 799. The van der Waals surface area contributed by atoms with Crippen LogP contribution in [0.3, 0.4) is 0 Å². The monoisotopic (exact) mass is 381 g/mol. The highest BCUT2D eigenvalue weighted by Gasteiger charge is 2.22. The molecule has 5 heteroatoms. The van der Waals surface area contributed by atoms with Gasteiger partial charge in [0.1, 0.15) is 5.82 Å². The van der Waals surface area contributed by atoms with Gasteiger partial charge in [0.05, 0.1) is 5.56 Å². The minimum absolute atomic E-state index is 0.0987. The van der Waals surface area contributed by atoms with Crippen LogP contribution >= 0.6 is 0 Å². The van der Waals surface area contributed by atoms with E-state index in [4.69, 9.17) is 0 Å². The average molecular weight is 381 g/mol. The molecule has 0 spiro atoms. The average Bonchev–Trinajstić information content (AvgIpc) is 3.53. The number of hydrogen-bond acceptors (Lipinski definition) is 4. The molecule has 28 heavy (non-hydrogen) atoms. The second-order valence-corrected chi connectivity index (χ2v) is 7.80. The van der Waals surface area contributed by atoms with Crippen molar-refractivity contribution in [3.05, 3.63) is 59.9 Å². The Morgan fingerprint density at radius 1 is 1.04 bits per heavy atom. The van der Waals surface area contributed by atoms with Crippen LogP contribution in [0.25, 0.3) is 0 Å². The number of hydrogen-bond donors (Lipinski definition) is 1. The summed E-state index contributed by atoms with van der Waals surface area (Å²) in [6.07, 6.45) is 3.45. The molecule has 0 aromatic heterocycles. The summed E-state index contributed by atoms with van der Waals surface area (Å²) in [7, 11) is 0. The summed E-state index contributed by atoms with van der Waals surface area (Å²) in [6, 6.07) is 15.8. The molecule has 1 saturated carbocycles. The number of Topliss-reactive ketones (excluding diaryl/α,β-unsaturated/α-hetero) is 1. The van der Waals surface area contributed by atoms with Gasteiger partial charge in [0.15, 0.2) is 5.78 Å². The quantitative estimate of drug-likeness (QED) is 0.696. The van der Waals surface area contributed by atoms with Crippen LogP contribution in [-0.2, 0) is 0 Å². The third-order valence-electron chi connectivity index (χ3n) is 5.59. The number of piperazine rings is 1. The lowest BCUT2D eigenvalue weighted by Crippen LogP contribution is -2.46. The molecule has 1 aliphatic carbocycles. The molecule has 0 unspecified atom stereocenters. The largest absolute Gasteiger partial charge is 0.382 e. The van der Waals surface area contributed by atoms with E-state index in [1.807, 2.05) is 12.1 Å². The molecule has 0 radical (unpaired) electrons. The van der Waals surface area contributed by atoms with Crippen molar-refractivity contribution >= 4 is 17.2 Å². The Kier molecular flexibility index (Phi) is 5.91. The molecule has 0 amide bonds. The first-order chi connectivity index (χ1) is 13.7. The van der Waals surface area contributed by atoms with E-state index in [0.29, 0.717) is 12.5 Å². The third kappa shape index (κ3) is 4.90. The molecule has 2 aromatic carbocycles. The van der Waals surface area contributed by atoms with Gasteiger partial charge in [0, 0.05) is 50.0 Å². The maximum Gasteiger partial charge on any atom is 0.165 e. The summed E-state index contributed by atoms with van der Waals surface area (Å²) in [5, 5.41) is 3.26. The molecule has 4 rings (SSSR count). The Morgan fingerprint density at radius 2 is 1.79 bits per heavy atom. The van der Waals surface area contributed by atoms with Gasteiger partial charge in [-0.15, -0.1) is 0 Å². The van der Waals surface area contributed by atoms with E-state index >= 15 is 0 Å². The second kappa shape index (κ2) is 8.74. The fourth-order valence-electron chi connectivity index (χ4n) is 3.76. The van der Waals surface area contributed by atoms with Crippen molar-refractivity contribution in [2.45, 2.75) is 31.7 Å². The molecule has 4 nitrogen and oxygen atoms in total. The molecule has 1 heterocycles. The van der Waals surface area contributed by atoms with E-state index in [-0.39, 0.29) is 11.3 Å². The number of nitrogens with zero attached hydrogens (tertiary/aromatic N) is 2. The number of nitrogens with one attached hydrogen (secondary N) is 1. The van der Waals surface area contributed by atoms with Crippen LogP contribution in [-0.4, -0.2) is 49.4 Å². The van der Waals surface area contributed by atoms with Crippen molar-refractivity contribution in [3.8, 4) is 0 Å². The molecular formula is C23H28FN3O. The minimum atomic E-state index is -0.410. The summed E-state index contributed by atoms with van der Waals surface area (Å²) >= 11 is 0. The van der Waals surface area contributed by atoms with E-state index in [9.17, 15) is 9.18 Å². The van der Waals surface area contributed by atoms with Crippen LogP contribution in [0.1, 0.15) is 36.0 Å².